The number of aliphatic hydroxyl groups is 1. The predicted octanol–water partition coefficient (Wildman–Crippen LogP) is 2.11. The molecule has 5 nitrogen and oxygen atoms in total. The highest BCUT2D eigenvalue weighted by atomic mass is 16.6. The summed E-state index contributed by atoms with van der Waals surface area (Å²) in [5.41, 5.74) is 0.838. The molecule has 5 heteroatoms. The van der Waals surface area contributed by atoms with Gasteiger partial charge in [0.05, 0.1) is 18.1 Å². The highest BCUT2D eigenvalue weighted by Gasteiger charge is 2.35. The zero-order valence-corrected chi connectivity index (χ0v) is 13.5. The number of ether oxygens (including phenoxy) is 2. The molecule has 0 bridgehead atoms. The van der Waals surface area contributed by atoms with Gasteiger partial charge in [-0.1, -0.05) is 30.3 Å². The van der Waals surface area contributed by atoms with Crippen LogP contribution in [0.3, 0.4) is 0 Å². The predicted molar refractivity (Wildman–Crippen MR) is 82.1 cm³/mol. The first-order valence-corrected chi connectivity index (χ1v) is 7.44. The second-order valence-corrected chi connectivity index (χ2v) is 5.71. The summed E-state index contributed by atoms with van der Waals surface area (Å²) >= 11 is 0. The number of hydrogen-bond acceptors (Lipinski definition) is 5. The number of rotatable bonds is 7. The fourth-order valence-corrected chi connectivity index (χ4v) is 1.98. The zero-order valence-electron chi connectivity index (χ0n) is 13.5. The molecule has 2 atom stereocenters. The SMILES string of the molecule is CC(C)OC(=O)C(Cc1ccccc1)[C@@H](O)C(=O)OC(C)C. The average molecular weight is 308 g/mol. The summed E-state index contributed by atoms with van der Waals surface area (Å²) in [5, 5.41) is 10.2. The van der Waals surface area contributed by atoms with Gasteiger partial charge in [0, 0.05) is 0 Å². The van der Waals surface area contributed by atoms with Crippen molar-refractivity contribution in [1.82, 2.24) is 0 Å². The van der Waals surface area contributed by atoms with Gasteiger partial charge >= 0.3 is 11.9 Å². The summed E-state index contributed by atoms with van der Waals surface area (Å²) in [6.07, 6.45) is -2.02. The van der Waals surface area contributed by atoms with Gasteiger partial charge in [-0.2, -0.15) is 0 Å². The summed E-state index contributed by atoms with van der Waals surface area (Å²) in [6.45, 7) is 6.80. The summed E-state index contributed by atoms with van der Waals surface area (Å²) in [6, 6.07) is 9.18. The van der Waals surface area contributed by atoms with E-state index < -0.39 is 24.0 Å². The van der Waals surface area contributed by atoms with E-state index in [1.54, 1.807) is 27.7 Å². The number of carbonyl (C=O) groups is 2. The standard InChI is InChI=1S/C17H24O5/c1-11(2)21-16(19)14(10-13-8-6-5-7-9-13)15(18)17(20)22-12(3)4/h5-9,11-12,14-15,18H,10H2,1-4H3/t14?,15-/m1/s1. The number of carbonyl (C=O) groups excluding carboxylic acids is 2. The maximum Gasteiger partial charge on any atom is 0.336 e. The van der Waals surface area contributed by atoms with E-state index in [0.29, 0.717) is 0 Å². The molecule has 0 spiro atoms. The molecule has 0 aliphatic carbocycles. The maximum atomic E-state index is 12.2. The molecule has 22 heavy (non-hydrogen) atoms. The molecule has 0 heterocycles. The van der Waals surface area contributed by atoms with Gasteiger partial charge in [-0.05, 0) is 39.7 Å². The Balaban J connectivity index is 2.90. The van der Waals surface area contributed by atoms with E-state index in [1.165, 1.54) is 0 Å². The third-order valence-corrected chi connectivity index (χ3v) is 2.93. The van der Waals surface area contributed by atoms with E-state index in [-0.39, 0.29) is 18.6 Å². The zero-order chi connectivity index (χ0) is 16.7. The van der Waals surface area contributed by atoms with Crippen LogP contribution in [-0.2, 0) is 25.5 Å². The van der Waals surface area contributed by atoms with Crippen LogP contribution in [-0.4, -0.2) is 35.4 Å². The van der Waals surface area contributed by atoms with Crippen molar-refractivity contribution in [3.05, 3.63) is 35.9 Å². The first-order chi connectivity index (χ1) is 10.3. The molecule has 0 saturated carbocycles. The van der Waals surface area contributed by atoms with Gasteiger partial charge in [-0.3, -0.25) is 4.79 Å². The lowest BCUT2D eigenvalue weighted by Gasteiger charge is -2.22. The smallest absolute Gasteiger partial charge is 0.336 e. The lowest BCUT2D eigenvalue weighted by atomic mass is 9.94. The van der Waals surface area contributed by atoms with Crippen LogP contribution in [0.15, 0.2) is 30.3 Å². The third kappa shape index (κ3) is 5.85. The van der Waals surface area contributed by atoms with Crippen LogP contribution in [0.2, 0.25) is 0 Å². The molecule has 1 unspecified atom stereocenters. The Hall–Kier alpha value is -1.88. The minimum absolute atomic E-state index is 0.209. The Morgan fingerprint density at radius 2 is 1.45 bits per heavy atom. The third-order valence-electron chi connectivity index (χ3n) is 2.93. The van der Waals surface area contributed by atoms with Gasteiger partial charge in [0.1, 0.15) is 0 Å². The summed E-state index contributed by atoms with van der Waals surface area (Å²) in [7, 11) is 0. The lowest BCUT2D eigenvalue weighted by Crippen LogP contribution is -2.40. The quantitative estimate of drug-likeness (QED) is 0.781. The van der Waals surface area contributed by atoms with Crippen molar-refractivity contribution in [3.8, 4) is 0 Å². The molecule has 122 valence electrons. The van der Waals surface area contributed by atoms with E-state index in [9.17, 15) is 14.7 Å². The molecule has 0 aliphatic heterocycles. The summed E-state index contributed by atoms with van der Waals surface area (Å²) in [5.74, 6) is -2.40. The monoisotopic (exact) mass is 308 g/mol. The molecule has 0 radical (unpaired) electrons. The van der Waals surface area contributed by atoms with Crippen molar-refractivity contribution in [2.24, 2.45) is 5.92 Å². The Labute approximate surface area is 131 Å². The van der Waals surface area contributed by atoms with Crippen molar-refractivity contribution >= 4 is 11.9 Å². The molecule has 0 amide bonds. The van der Waals surface area contributed by atoms with Crippen LogP contribution in [0.5, 0.6) is 0 Å². The Morgan fingerprint density at radius 3 is 1.95 bits per heavy atom. The van der Waals surface area contributed by atoms with Crippen LogP contribution < -0.4 is 0 Å². The first-order valence-electron chi connectivity index (χ1n) is 7.44. The van der Waals surface area contributed by atoms with Gasteiger partial charge in [0.2, 0.25) is 0 Å². The second kappa shape index (κ2) is 8.54. The molecule has 0 aromatic heterocycles. The van der Waals surface area contributed by atoms with Gasteiger partial charge in [0.25, 0.3) is 0 Å². The molecular weight excluding hydrogens is 284 g/mol. The van der Waals surface area contributed by atoms with Gasteiger partial charge in [0.15, 0.2) is 6.10 Å². The fraction of sp³-hybridized carbons (Fsp3) is 0.529. The molecule has 1 rings (SSSR count). The summed E-state index contributed by atoms with van der Waals surface area (Å²) < 4.78 is 10.1. The molecule has 0 aliphatic rings. The van der Waals surface area contributed by atoms with Gasteiger partial charge in [-0.15, -0.1) is 0 Å². The van der Waals surface area contributed by atoms with Crippen molar-refractivity contribution < 1.29 is 24.2 Å². The van der Waals surface area contributed by atoms with Gasteiger partial charge in [-0.25, -0.2) is 4.79 Å². The Kier molecular flexibility index (Phi) is 7.05. The minimum atomic E-state index is -1.55. The highest BCUT2D eigenvalue weighted by molar-refractivity contribution is 5.84. The van der Waals surface area contributed by atoms with E-state index in [2.05, 4.69) is 0 Å². The molecule has 1 aromatic carbocycles. The minimum Gasteiger partial charge on any atom is -0.463 e. The summed E-state index contributed by atoms with van der Waals surface area (Å²) in [4.78, 5) is 24.1. The van der Waals surface area contributed by atoms with E-state index in [4.69, 9.17) is 9.47 Å². The van der Waals surface area contributed by atoms with E-state index in [1.807, 2.05) is 30.3 Å². The van der Waals surface area contributed by atoms with E-state index in [0.717, 1.165) is 5.56 Å². The Morgan fingerprint density at radius 1 is 0.955 bits per heavy atom. The number of esters is 2. The molecule has 1 N–H and O–H groups in total. The van der Waals surface area contributed by atoms with Crippen molar-refractivity contribution in [2.45, 2.75) is 52.4 Å². The normalized spacial score (nSPS) is 13.8. The average Bonchev–Trinajstić information content (AvgIpc) is 2.43. The number of hydrogen-bond donors (Lipinski definition) is 1. The molecular formula is C17H24O5. The fourth-order valence-electron chi connectivity index (χ4n) is 1.98. The van der Waals surface area contributed by atoms with Crippen molar-refractivity contribution in [2.75, 3.05) is 0 Å². The molecule has 0 fully saturated rings. The van der Waals surface area contributed by atoms with Crippen molar-refractivity contribution in [1.29, 1.82) is 0 Å². The molecule has 1 aromatic rings. The Bertz CT molecular complexity index is 481. The van der Waals surface area contributed by atoms with Gasteiger partial charge < -0.3 is 14.6 Å². The maximum absolute atomic E-state index is 12.2. The van der Waals surface area contributed by atoms with Crippen LogP contribution >= 0.6 is 0 Å². The number of benzene rings is 1. The van der Waals surface area contributed by atoms with E-state index >= 15 is 0 Å². The highest BCUT2D eigenvalue weighted by Crippen LogP contribution is 2.17. The van der Waals surface area contributed by atoms with Crippen LogP contribution in [0.25, 0.3) is 0 Å². The van der Waals surface area contributed by atoms with Crippen LogP contribution in [0.1, 0.15) is 33.3 Å². The molecule has 0 saturated heterocycles. The van der Waals surface area contributed by atoms with Crippen LogP contribution in [0, 0.1) is 5.92 Å². The topological polar surface area (TPSA) is 72.8 Å². The van der Waals surface area contributed by atoms with Crippen LogP contribution in [0.4, 0.5) is 0 Å². The largest absolute Gasteiger partial charge is 0.463 e. The second-order valence-electron chi connectivity index (χ2n) is 5.71. The first kappa shape index (κ1) is 18.2. The lowest BCUT2D eigenvalue weighted by molar-refractivity contribution is -0.170. The van der Waals surface area contributed by atoms with Crippen molar-refractivity contribution in [3.63, 3.8) is 0 Å². The number of aliphatic hydroxyl groups excluding tert-OH is 1.